The molecule has 1 unspecified atom stereocenters. The lowest BCUT2D eigenvalue weighted by atomic mass is 9.58. The van der Waals surface area contributed by atoms with Gasteiger partial charge in [0.1, 0.15) is 0 Å². The first kappa shape index (κ1) is 29.2. The predicted octanol–water partition coefficient (Wildman–Crippen LogP) is 11.6. The van der Waals surface area contributed by atoms with Crippen LogP contribution in [0.5, 0.6) is 0 Å². The molecule has 2 saturated carbocycles. The van der Waals surface area contributed by atoms with E-state index >= 15 is 0 Å². The molecule has 0 aliphatic heterocycles. The summed E-state index contributed by atoms with van der Waals surface area (Å²) in [6.45, 7) is 12.8. The van der Waals surface area contributed by atoms with Gasteiger partial charge in [-0.25, -0.2) is 0 Å². The molecule has 0 heterocycles. The van der Waals surface area contributed by atoms with Crippen molar-refractivity contribution in [3.63, 3.8) is 0 Å². The Balaban J connectivity index is 1.38. The monoisotopic (exact) mass is 515 g/mol. The molecule has 0 bridgehead atoms. The second kappa shape index (κ2) is 14.0. The van der Waals surface area contributed by atoms with Crippen molar-refractivity contribution in [3.8, 4) is 11.1 Å². The Bertz CT molecular complexity index is 990. The van der Waals surface area contributed by atoms with Gasteiger partial charge < -0.3 is 5.32 Å². The number of unbranched alkanes of at least 4 members (excludes halogenated alkanes) is 3. The van der Waals surface area contributed by atoms with E-state index in [4.69, 9.17) is 0 Å². The molecule has 1 atom stereocenters. The van der Waals surface area contributed by atoms with Gasteiger partial charge in [-0.05, 0) is 128 Å². The molecule has 1 N–H and O–H groups in total. The highest BCUT2D eigenvalue weighted by molar-refractivity contribution is 5.69. The van der Waals surface area contributed by atoms with Crippen LogP contribution in [-0.4, -0.2) is 6.54 Å². The number of anilines is 1. The first-order valence-electron chi connectivity index (χ1n) is 16.4. The molecule has 2 fully saturated rings. The van der Waals surface area contributed by atoms with E-state index in [-0.39, 0.29) is 0 Å². The van der Waals surface area contributed by atoms with E-state index in [1.807, 2.05) is 0 Å². The molecule has 0 spiro atoms. The molecule has 210 valence electrons. The number of nitrogens with one attached hydrogen (secondary N) is 1. The van der Waals surface area contributed by atoms with Crippen LogP contribution in [0.1, 0.15) is 140 Å². The van der Waals surface area contributed by atoms with Gasteiger partial charge in [0.15, 0.2) is 0 Å². The zero-order valence-electron chi connectivity index (χ0n) is 25.5. The maximum atomic E-state index is 3.60. The highest BCUT2D eigenvalue weighted by Gasteiger charge is 2.41. The summed E-state index contributed by atoms with van der Waals surface area (Å²) in [4.78, 5) is 0. The topological polar surface area (TPSA) is 12.0 Å². The van der Waals surface area contributed by atoms with Crippen LogP contribution in [0.4, 0.5) is 5.69 Å². The number of hydrogen-bond acceptors (Lipinski definition) is 1. The maximum absolute atomic E-state index is 3.60. The summed E-state index contributed by atoms with van der Waals surface area (Å²) in [7, 11) is 0. The zero-order chi connectivity index (χ0) is 27.0. The summed E-state index contributed by atoms with van der Waals surface area (Å²) < 4.78 is 0. The summed E-state index contributed by atoms with van der Waals surface area (Å²) in [5, 5.41) is 3.60. The van der Waals surface area contributed by atoms with Crippen LogP contribution in [0, 0.1) is 31.1 Å². The van der Waals surface area contributed by atoms with Crippen molar-refractivity contribution >= 4 is 5.69 Å². The molecule has 0 amide bonds. The van der Waals surface area contributed by atoms with E-state index in [1.54, 1.807) is 5.56 Å². The molecule has 0 saturated heterocycles. The van der Waals surface area contributed by atoms with Crippen LogP contribution in [0.25, 0.3) is 11.1 Å². The van der Waals surface area contributed by atoms with Gasteiger partial charge in [-0.1, -0.05) is 90.0 Å². The molecule has 2 aliphatic carbocycles. The Morgan fingerprint density at radius 2 is 1.45 bits per heavy atom. The average Bonchev–Trinajstić information content (AvgIpc) is 2.94. The van der Waals surface area contributed by atoms with Crippen molar-refractivity contribution in [1.82, 2.24) is 0 Å². The molecule has 0 radical (unpaired) electrons. The van der Waals surface area contributed by atoms with Gasteiger partial charge in [-0.15, -0.1) is 0 Å². The van der Waals surface area contributed by atoms with E-state index in [2.05, 4.69) is 76.3 Å². The van der Waals surface area contributed by atoms with Crippen molar-refractivity contribution in [1.29, 1.82) is 0 Å². The molecule has 1 heteroatoms. The molecule has 1 nitrogen and oxygen atoms in total. The van der Waals surface area contributed by atoms with Crippen molar-refractivity contribution in [2.75, 3.05) is 11.9 Å². The molecule has 4 rings (SSSR count). The highest BCUT2D eigenvalue weighted by atomic mass is 14.9. The van der Waals surface area contributed by atoms with Gasteiger partial charge in [0.05, 0.1) is 0 Å². The number of aryl methyl sites for hydroxylation is 2. The SMILES string of the molecule is CCCCCC1([C@H]2CC[C@H](C(C)c3ccc(-c4ccc(NCCCC)c(C)c4)cc3C)CC2)CCCCC1. The lowest BCUT2D eigenvalue weighted by Crippen LogP contribution is -2.36. The third-order valence-corrected chi connectivity index (χ3v) is 10.6. The summed E-state index contributed by atoms with van der Waals surface area (Å²) in [6, 6.07) is 14.2. The molecule has 38 heavy (non-hydrogen) atoms. The van der Waals surface area contributed by atoms with Crippen molar-refractivity contribution in [2.24, 2.45) is 17.3 Å². The Morgan fingerprint density at radius 3 is 2.08 bits per heavy atom. The summed E-state index contributed by atoms with van der Waals surface area (Å²) >= 11 is 0. The maximum Gasteiger partial charge on any atom is 0.0370 e. The number of hydrogen-bond donors (Lipinski definition) is 1. The van der Waals surface area contributed by atoms with Gasteiger partial charge in [0.2, 0.25) is 0 Å². The molecule has 0 aromatic heterocycles. The Morgan fingerprint density at radius 1 is 0.789 bits per heavy atom. The fourth-order valence-electron chi connectivity index (χ4n) is 8.14. The van der Waals surface area contributed by atoms with Crippen LogP contribution < -0.4 is 5.32 Å². The minimum Gasteiger partial charge on any atom is -0.385 e. The van der Waals surface area contributed by atoms with Gasteiger partial charge in [-0.2, -0.15) is 0 Å². The average molecular weight is 516 g/mol. The van der Waals surface area contributed by atoms with Crippen molar-refractivity contribution < 1.29 is 0 Å². The van der Waals surface area contributed by atoms with Crippen molar-refractivity contribution in [2.45, 2.75) is 137 Å². The molecule has 2 aromatic carbocycles. The second-order valence-electron chi connectivity index (χ2n) is 13.2. The van der Waals surface area contributed by atoms with Crippen LogP contribution in [-0.2, 0) is 0 Å². The smallest absolute Gasteiger partial charge is 0.0370 e. The molecular weight excluding hydrogens is 458 g/mol. The number of rotatable bonds is 12. The largest absolute Gasteiger partial charge is 0.385 e. The lowest BCUT2D eigenvalue weighted by molar-refractivity contribution is 0.0409. The van der Waals surface area contributed by atoms with Crippen LogP contribution in [0.3, 0.4) is 0 Å². The van der Waals surface area contributed by atoms with Crippen LogP contribution >= 0.6 is 0 Å². The first-order chi connectivity index (χ1) is 18.5. The summed E-state index contributed by atoms with van der Waals surface area (Å²) in [6.07, 6.45) is 21.6. The zero-order valence-corrected chi connectivity index (χ0v) is 25.5. The summed E-state index contributed by atoms with van der Waals surface area (Å²) in [5.74, 6) is 2.51. The quantitative estimate of drug-likeness (QED) is 0.277. The predicted molar refractivity (Wildman–Crippen MR) is 168 cm³/mol. The number of benzene rings is 2. The first-order valence-corrected chi connectivity index (χ1v) is 16.4. The standard InChI is InChI=1S/C37H57N/c1-6-8-11-22-37(23-12-10-13-24-37)34-18-14-31(15-19-34)30(5)35-20-16-32(26-28(35)3)33-17-21-36(29(4)27-33)38-25-9-7-2/h16-17,20-21,26-27,30-31,34,38H,6-15,18-19,22-25H2,1-5H3/t30?,31-,34-. The summed E-state index contributed by atoms with van der Waals surface area (Å²) in [5.41, 5.74) is 9.07. The second-order valence-corrected chi connectivity index (χ2v) is 13.2. The van der Waals surface area contributed by atoms with E-state index in [0.29, 0.717) is 11.3 Å². The minimum atomic E-state index is 0.666. The van der Waals surface area contributed by atoms with Gasteiger partial charge >= 0.3 is 0 Å². The van der Waals surface area contributed by atoms with Crippen molar-refractivity contribution in [3.05, 3.63) is 53.1 Å². The fourth-order valence-corrected chi connectivity index (χ4v) is 8.14. The van der Waals surface area contributed by atoms with E-state index < -0.39 is 0 Å². The fraction of sp³-hybridized carbons (Fsp3) is 0.676. The lowest BCUT2D eigenvalue weighted by Gasteiger charge is -2.47. The Hall–Kier alpha value is -1.76. The van der Waals surface area contributed by atoms with E-state index in [1.165, 1.54) is 124 Å². The van der Waals surface area contributed by atoms with Gasteiger partial charge in [-0.3, -0.25) is 0 Å². The highest BCUT2D eigenvalue weighted by Crippen LogP contribution is 2.53. The van der Waals surface area contributed by atoms with Gasteiger partial charge in [0.25, 0.3) is 0 Å². The Labute approximate surface area is 235 Å². The van der Waals surface area contributed by atoms with E-state index in [9.17, 15) is 0 Å². The van der Waals surface area contributed by atoms with Crippen LogP contribution in [0.15, 0.2) is 36.4 Å². The Kier molecular flexibility index (Phi) is 10.8. The van der Waals surface area contributed by atoms with E-state index in [0.717, 1.165) is 18.4 Å². The molecular formula is C37H57N. The normalized spacial score (nSPS) is 22.2. The minimum absolute atomic E-state index is 0.666. The van der Waals surface area contributed by atoms with Gasteiger partial charge in [0, 0.05) is 12.2 Å². The van der Waals surface area contributed by atoms with Crippen LogP contribution in [0.2, 0.25) is 0 Å². The third-order valence-electron chi connectivity index (χ3n) is 10.6. The molecule has 2 aliphatic rings. The third kappa shape index (κ3) is 7.05. The molecule has 2 aromatic rings.